The van der Waals surface area contributed by atoms with Gasteiger partial charge in [-0.2, -0.15) is 0 Å². The van der Waals surface area contributed by atoms with Crippen molar-refractivity contribution in [2.24, 2.45) is 0 Å². The maximum absolute atomic E-state index is 2.33. The molecule has 0 amide bonds. The average molecular weight is 232 g/mol. The Hall–Kier alpha value is -0.780. The molecule has 0 atom stereocenters. The summed E-state index contributed by atoms with van der Waals surface area (Å²) < 4.78 is 0. The van der Waals surface area contributed by atoms with Gasteiger partial charge in [-0.15, -0.1) is 0 Å². The molecule has 0 unspecified atom stereocenters. The first kappa shape index (κ1) is 14.3. The molecule has 0 spiro atoms. The number of hydrogen-bond acceptors (Lipinski definition) is 0. The van der Waals surface area contributed by atoms with Crippen LogP contribution in [0.3, 0.4) is 0 Å². The summed E-state index contributed by atoms with van der Waals surface area (Å²) in [4.78, 5) is 0. The van der Waals surface area contributed by atoms with Crippen LogP contribution in [0.5, 0.6) is 0 Å². The van der Waals surface area contributed by atoms with E-state index in [1.807, 2.05) is 0 Å². The van der Waals surface area contributed by atoms with Crippen LogP contribution in [0.15, 0.2) is 18.2 Å². The van der Waals surface area contributed by atoms with Crippen molar-refractivity contribution in [1.82, 2.24) is 0 Å². The average Bonchev–Trinajstić information content (AvgIpc) is 2.31. The van der Waals surface area contributed by atoms with E-state index in [1.165, 1.54) is 38.5 Å². The molecule has 0 aromatic heterocycles. The number of unbranched alkanes of at least 4 members (excludes halogenated alkanes) is 2. The number of hydrogen-bond donors (Lipinski definition) is 0. The second-order valence-corrected chi connectivity index (χ2v) is 5.35. The Bertz CT molecular complexity index is 323. The van der Waals surface area contributed by atoms with Gasteiger partial charge in [0.15, 0.2) is 0 Å². The van der Waals surface area contributed by atoms with Crippen LogP contribution in [0.1, 0.15) is 76.0 Å². The smallest absolute Gasteiger partial charge is 0.0216 e. The standard InChI is InChI=1S/C17H28/c1-5-7-8-12-17-15(10-6-2)11-9-13-16(17)14(3)4/h9,11,13-14H,5-8,10,12H2,1-4H3. The van der Waals surface area contributed by atoms with Gasteiger partial charge in [0.05, 0.1) is 0 Å². The Balaban J connectivity index is 2.92. The highest BCUT2D eigenvalue weighted by Gasteiger charge is 2.10. The van der Waals surface area contributed by atoms with Gasteiger partial charge in [0.2, 0.25) is 0 Å². The van der Waals surface area contributed by atoms with Crippen molar-refractivity contribution >= 4 is 0 Å². The minimum Gasteiger partial charge on any atom is -0.0654 e. The van der Waals surface area contributed by atoms with Gasteiger partial charge < -0.3 is 0 Å². The molecule has 0 nitrogen and oxygen atoms in total. The van der Waals surface area contributed by atoms with E-state index in [-0.39, 0.29) is 0 Å². The minimum absolute atomic E-state index is 0.656. The molecule has 1 aromatic carbocycles. The first-order chi connectivity index (χ1) is 8.20. The molecule has 1 aromatic rings. The van der Waals surface area contributed by atoms with Crippen molar-refractivity contribution in [2.75, 3.05) is 0 Å². The topological polar surface area (TPSA) is 0 Å². The molecule has 0 aliphatic carbocycles. The largest absolute Gasteiger partial charge is 0.0654 e. The van der Waals surface area contributed by atoms with Crippen molar-refractivity contribution in [3.63, 3.8) is 0 Å². The van der Waals surface area contributed by atoms with E-state index in [1.54, 1.807) is 16.7 Å². The summed E-state index contributed by atoms with van der Waals surface area (Å²) in [6, 6.07) is 6.89. The summed E-state index contributed by atoms with van der Waals surface area (Å²) in [6.07, 6.45) is 7.78. The zero-order chi connectivity index (χ0) is 12.7. The highest BCUT2D eigenvalue weighted by molar-refractivity contribution is 5.37. The summed E-state index contributed by atoms with van der Waals surface area (Å²) in [5, 5.41) is 0. The highest BCUT2D eigenvalue weighted by atomic mass is 14.1. The lowest BCUT2D eigenvalue weighted by Crippen LogP contribution is -2.02. The van der Waals surface area contributed by atoms with Crippen molar-refractivity contribution in [2.45, 2.75) is 72.1 Å². The first-order valence-corrected chi connectivity index (χ1v) is 7.31. The molecule has 0 heteroatoms. The predicted molar refractivity (Wildman–Crippen MR) is 77.8 cm³/mol. The van der Waals surface area contributed by atoms with E-state index in [9.17, 15) is 0 Å². The Morgan fingerprint density at radius 1 is 0.941 bits per heavy atom. The van der Waals surface area contributed by atoms with Crippen molar-refractivity contribution in [1.29, 1.82) is 0 Å². The van der Waals surface area contributed by atoms with Crippen LogP contribution in [0, 0.1) is 0 Å². The van der Waals surface area contributed by atoms with Crippen LogP contribution < -0.4 is 0 Å². The number of rotatable bonds is 7. The molecular formula is C17H28. The lowest BCUT2D eigenvalue weighted by Gasteiger charge is -2.17. The number of benzene rings is 1. The molecule has 0 N–H and O–H groups in total. The lowest BCUT2D eigenvalue weighted by molar-refractivity contribution is 0.700. The van der Waals surface area contributed by atoms with Gasteiger partial charge in [0, 0.05) is 0 Å². The molecule has 96 valence electrons. The van der Waals surface area contributed by atoms with Gasteiger partial charge in [0.25, 0.3) is 0 Å². The summed E-state index contributed by atoms with van der Waals surface area (Å²) in [5.74, 6) is 0.656. The van der Waals surface area contributed by atoms with Gasteiger partial charge in [-0.25, -0.2) is 0 Å². The van der Waals surface area contributed by atoms with E-state index in [0.717, 1.165) is 0 Å². The zero-order valence-electron chi connectivity index (χ0n) is 12.1. The van der Waals surface area contributed by atoms with Crippen LogP contribution in [0.2, 0.25) is 0 Å². The SMILES string of the molecule is CCCCCc1c(CCC)cccc1C(C)C. The molecule has 0 saturated heterocycles. The van der Waals surface area contributed by atoms with Gasteiger partial charge in [-0.05, 0) is 41.9 Å². The van der Waals surface area contributed by atoms with E-state index < -0.39 is 0 Å². The molecule has 0 aliphatic heterocycles. The van der Waals surface area contributed by atoms with Gasteiger partial charge in [-0.1, -0.05) is 65.2 Å². The van der Waals surface area contributed by atoms with Gasteiger partial charge in [-0.3, -0.25) is 0 Å². The third kappa shape index (κ3) is 4.18. The Kier molecular flexibility index (Phi) is 6.32. The van der Waals surface area contributed by atoms with Crippen LogP contribution in [-0.4, -0.2) is 0 Å². The molecule has 0 fully saturated rings. The van der Waals surface area contributed by atoms with Crippen molar-refractivity contribution in [3.8, 4) is 0 Å². The van der Waals surface area contributed by atoms with E-state index in [2.05, 4.69) is 45.9 Å². The third-order valence-electron chi connectivity index (χ3n) is 3.48. The van der Waals surface area contributed by atoms with E-state index in [4.69, 9.17) is 0 Å². The molecule has 0 radical (unpaired) electrons. The second-order valence-electron chi connectivity index (χ2n) is 5.35. The minimum atomic E-state index is 0.656. The summed E-state index contributed by atoms with van der Waals surface area (Å²) in [7, 11) is 0. The Labute approximate surface area is 107 Å². The fraction of sp³-hybridized carbons (Fsp3) is 0.647. The van der Waals surface area contributed by atoms with Crippen LogP contribution >= 0.6 is 0 Å². The summed E-state index contributed by atoms with van der Waals surface area (Å²) in [5.41, 5.74) is 4.82. The molecule has 0 bridgehead atoms. The Morgan fingerprint density at radius 2 is 1.71 bits per heavy atom. The lowest BCUT2D eigenvalue weighted by atomic mass is 9.88. The predicted octanol–water partition coefficient (Wildman–Crippen LogP) is 5.50. The quantitative estimate of drug-likeness (QED) is 0.545. The summed E-state index contributed by atoms with van der Waals surface area (Å²) >= 11 is 0. The van der Waals surface area contributed by atoms with Crippen molar-refractivity contribution < 1.29 is 0 Å². The monoisotopic (exact) mass is 232 g/mol. The Morgan fingerprint density at radius 3 is 2.29 bits per heavy atom. The molecule has 0 saturated carbocycles. The van der Waals surface area contributed by atoms with Crippen molar-refractivity contribution in [3.05, 3.63) is 34.9 Å². The molecule has 0 aliphatic rings. The first-order valence-electron chi connectivity index (χ1n) is 7.31. The fourth-order valence-electron chi connectivity index (χ4n) is 2.56. The van der Waals surface area contributed by atoms with E-state index in [0.29, 0.717) is 5.92 Å². The van der Waals surface area contributed by atoms with Crippen LogP contribution in [0.4, 0.5) is 0 Å². The number of aryl methyl sites for hydroxylation is 1. The highest BCUT2D eigenvalue weighted by Crippen LogP contribution is 2.25. The van der Waals surface area contributed by atoms with Gasteiger partial charge >= 0.3 is 0 Å². The maximum Gasteiger partial charge on any atom is -0.0216 e. The maximum atomic E-state index is 2.33. The van der Waals surface area contributed by atoms with Crippen LogP contribution in [0.25, 0.3) is 0 Å². The molecule has 1 rings (SSSR count). The van der Waals surface area contributed by atoms with Crippen LogP contribution in [-0.2, 0) is 12.8 Å². The van der Waals surface area contributed by atoms with E-state index >= 15 is 0 Å². The van der Waals surface area contributed by atoms with Gasteiger partial charge in [0.1, 0.15) is 0 Å². The normalized spacial score (nSPS) is 11.1. The fourth-order valence-corrected chi connectivity index (χ4v) is 2.56. The third-order valence-corrected chi connectivity index (χ3v) is 3.48. The zero-order valence-corrected chi connectivity index (χ0v) is 12.1. The second kappa shape index (κ2) is 7.53. The molecular weight excluding hydrogens is 204 g/mol. The molecule has 0 heterocycles. The summed E-state index contributed by atoms with van der Waals surface area (Å²) in [6.45, 7) is 9.18. The molecule has 17 heavy (non-hydrogen) atoms.